The van der Waals surface area contributed by atoms with E-state index in [0.717, 1.165) is 49.3 Å². The van der Waals surface area contributed by atoms with Crippen LogP contribution in [0, 0.1) is 5.82 Å². The first-order valence-electron chi connectivity index (χ1n) is 7.88. The van der Waals surface area contributed by atoms with Crippen LogP contribution in [0.5, 0.6) is 0 Å². The molecule has 0 bridgehead atoms. The quantitative estimate of drug-likeness (QED) is 0.859. The van der Waals surface area contributed by atoms with Gasteiger partial charge in [-0.15, -0.1) is 0 Å². The topological polar surface area (TPSA) is 78.1 Å². The Hall–Kier alpha value is -1.77. The van der Waals surface area contributed by atoms with Gasteiger partial charge in [0.1, 0.15) is 5.82 Å². The molecule has 0 saturated carbocycles. The highest BCUT2D eigenvalue weighted by Crippen LogP contribution is 2.23. The lowest BCUT2D eigenvalue weighted by molar-refractivity contribution is 0.200. The van der Waals surface area contributed by atoms with E-state index in [-0.39, 0.29) is 11.9 Å². The summed E-state index contributed by atoms with van der Waals surface area (Å²) in [4.78, 5) is 2.28. The maximum atomic E-state index is 13.1. The van der Waals surface area contributed by atoms with Gasteiger partial charge in [-0.25, -0.2) is 17.5 Å². The van der Waals surface area contributed by atoms with Crippen LogP contribution in [0.3, 0.4) is 0 Å². The van der Waals surface area contributed by atoms with Crippen LogP contribution in [0.1, 0.15) is 18.4 Å². The zero-order valence-corrected chi connectivity index (χ0v) is 14.3. The summed E-state index contributed by atoms with van der Waals surface area (Å²) in [5.74, 6) is -0.264. The van der Waals surface area contributed by atoms with E-state index in [1.54, 1.807) is 18.3 Å². The number of hydrogen-bond acceptors (Lipinski definition) is 4. The summed E-state index contributed by atoms with van der Waals surface area (Å²) >= 11 is 0. The molecule has 1 aromatic heterocycles. The number of sulfonamides is 1. The fraction of sp³-hybridized carbons (Fsp3) is 0.438. The van der Waals surface area contributed by atoms with Crippen LogP contribution >= 0.6 is 0 Å². The van der Waals surface area contributed by atoms with E-state index < -0.39 is 10.0 Å². The fourth-order valence-corrected chi connectivity index (χ4v) is 3.89. The Kier molecular flexibility index (Phi) is 4.98. The smallest absolute Gasteiger partial charge is 0.208 e. The second-order valence-electron chi connectivity index (χ2n) is 6.22. The van der Waals surface area contributed by atoms with Gasteiger partial charge in [0.05, 0.1) is 18.1 Å². The molecule has 130 valence electrons. The fourth-order valence-electron chi connectivity index (χ4n) is 3.05. The number of aromatic nitrogens is 2. The Morgan fingerprint density at radius 2 is 1.96 bits per heavy atom. The number of piperidine rings is 1. The summed E-state index contributed by atoms with van der Waals surface area (Å²) in [6, 6.07) is 6.34. The van der Waals surface area contributed by atoms with E-state index in [4.69, 9.17) is 0 Å². The molecule has 2 heterocycles. The normalized spacial score (nSPS) is 17.2. The van der Waals surface area contributed by atoms with Gasteiger partial charge in [0.15, 0.2) is 0 Å². The summed E-state index contributed by atoms with van der Waals surface area (Å²) in [5, 5.41) is 7.09. The minimum atomic E-state index is -3.15. The molecule has 1 aliphatic rings. The second kappa shape index (κ2) is 7.00. The summed E-state index contributed by atoms with van der Waals surface area (Å²) in [7, 11) is -3.15. The lowest BCUT2D eigenvalue weighted by Gasteiger charge is -2.31. The minimum absolute atomic E-state index is 0.0113. The van der Waals surface area contributed by atoms with Crippen LogP contribution in [-0.4, -0.2) is 48.9 Å². The lowest BCUT2D eigenvalue weighted by atomic mass is 10.0. The molecule has 0 spiro atoms. The van der Waals surface area contributed by atoms with Crippen molar-refractivity contribution in [2.45, 2.75) is 25.4 Å². The number of H-pyrrole nitrogens is 1. The zero-order valence-electron chi connectivity index (χ0n) is 13.5. The highest BCUT2D eigenvalue weighted by molar-refractivity contribution is 7.88. The van der Waals surface area contributed by atoms with Gasteiger partial charge in [-0.1, -0.05) is 0 Å². The molecular formula is C16H21FN4O2S. The SMILES string of the molecule is CS(=O)(=O)NC1CCN(Cc2cn[nH]c2-c2ccc(F)cc2)CC1. The van der Waals surface area contributed by atoms with Crippen LogP contribution in [0.4, 0.5) is 4.39 Å². The van der Waals surface area contributed by atoms with Gasteiger partial charge >= 0.3 is 0 Å². The Labute approximate surface area is 141 Å². The molecule has 0 radical (unpaired) electrons. The number of hydrogen-bond donors (Lipinski definition) is 2. The molecule has 0 unspecified atom stereocenters. The molecule has 2 aromatic rings. The van der Waals surface area contributed by atoms with E-state index in [9.17, 15) is 12.8 Å². The van der Waals surface area contributed by atoms with Crippen molar-refractivity contribution in [1.29, 1.82) is 0 Å². The van der Waals surface area contributed by atoms with E-state index >= 15 is 0 Å². The van der Waals surface area contributed by atoms with Crippen molar-refractivity contribution in [3.8, 4) is 11.3 Å². The van der Waals surface area contributed by atoms with Crippen molar-refractivity contribution in [2.24, 2.45) is 0 Å². The molecule has 1 saturated heterocycles. The standard InChI is InChI=1S/C16H21FN4O2S/c1-24(22,23)20-15-6-8-21(9-7-15)11-13-10-18-19-16(13)12-2-4-14(17)5-3-12/h2-5,10,15,20H,6-9,11H2,1H3,(H,18,19). The van der Waals surface area contributed by atoms with Gasteiger partial charge in [0.25, 0.3) is 0 Å². The first-order chi connectivity index (χ1) is 11.4. The highest BCUT2D eigenvalue weighted by atomic mass is 32.2. The number of likely N-dealkylation sites (tertiary alicyclic amines) is 1. The molecular weight excluding hydrogens is 331 g/mol. The minimum Gasteiger partial charge on any atom is -0.299 e. The van der Waals surface area contributed by atoms with Crippen LogP contribution in [0.2, 0.25) is 0 Å². The van der Waals surface area contributed by atoms with E-state index in [0.29, 0.717) is 0 Å². The number of nitrogens with one attached hydrogen (secondary N) is 2. The third kappa shape index (κ3) is 4.40. The van der Waals surface area contributed by atoms with Crippen molar-refractivity contribution >= 4 is 10.0 Å². The monoisotopic (exact) mass is 352 g/mol. The number of aromatic amines is 1. The van der Waals surface area contributed by atoms with Crippen LogP contribution in [0.15, 0.2) is 30.5 Å². The van der Waals surface area contributed by atoms with Crippen molar-refractivity contribution in [3.63, 3.8) is 0 Å². The van der Waals surface area contributed by atoms with Crippen molar-refractivity contribution in [3.05, 3.63) is 41.8 Å². The van der Waals surface area contributed by atoms with Crippen molar-refractivity contribution < 1.29 is 12.8 Å². The average Bonchev–Trinajstić information content (AvgIpc) is 2.97. The zero-order chi connectivity index (χ0) is 17.2. The average molecular weight is 352 g/mol. The van der Waals surface area contributed by atoms with E-state index in [1.807, 2.05) is 0 Å². The van der Waals surface area contributed by atoms with Gasteiger partial charge in [-0.2, -0.15) is 5.10 Å². The Balaban J connectivity index is 1.62. The maximum Gasteiger partial charge on any atom is 0.208 e. The molecule has 6 nitrogen and oxygen atoms in total. The molecule has 1 aromatic carbocycles. The third-order valence-corrected chi connectivity index (χ3v) is 4.97. The summed E-state index contributed by atoms with van der Waals surface area (Å²) < 4.78 is 38.3. The number of rotatable bonds is 5. The summed E-state index contributed by atoms with van der Waals surface area (Å²) in [6.45, 7) is 2.37. The Bertz CT molecular complexity index is 781. The first kappa shape index (κ1) is 17.1. The van der Waals surface area contributed by atoms with Crippen LogP contribution in [-0.2, 0) is 16.6 Å². The summed E-state index contributed by atoms with van der Waals surface area (Å²) in [6.07, 6.45) is 4.56. The summed E-state index contributed by atoms with van der Waals surface area (Å²) in [5.41, 5.74) is 2.85. The van der Waals surface area contributed by atoms with Crippen molar-refractivity contribution in [2.75, 3.05) is 19.3 Å². The van der Waals surface area contributed by atoms with Gasteiger partial charge in [0, 0.05) is 36.8 Å². The molecule has 0 atom stereocenters. The predicted molar refractivity (Wildman–Crippen MR) is 90.3 cm³/mol. The van der Waals surface area contributed by atoms with Gasteiger partial charge in [0.2, 0.25) is 10.0 Å². The van der Waals surface area contributed by atoms with Crippen LogP contribution < -0.4 is 4.72 Å². The molecule has 2 N–H and O–H groups in total. The highest BCUT2D eigenvalue weighted by Gasteiger charge is 2.22. The lowest BCUT2D eigenvalue weighted by Crippen LogP contribution is -2.43. The molecule has 8 heteroatoms. The number of benzene rings is 1. The third-order valence-electron chi connectivity index (χ3n) is 4.21. The van der Waals surface area contributed by atoms with Crippen LogP contribution in [0.25, 0.3) is 11.3 Å². The molecule has 0 aliphatic carbocycles. The first-order valence-corrected chi connectivity index (χ1v) is 9.78. The van der Waals surface area contributed by atoms with E-state index in [1.165, 1.54) is 18.4 Å². The van der Waals surface area contributed by atoms with Crippen molar-refractivity contribution in [1.82, 2.24) is 19.8 Å². The Morgan fingerprint density at radius 3 is 2.58 bits per heavy atom. The molecule has 3 rings (SSSR count). The number of halogens is 1. The second-order valence-corrected chi connectivity index (χ2v) is 8.00. The molecule has 0 amide bonds. The Morgan fingerprint density at radius 1 is 1.29 bits per heavy atom. The number of nitrogens with zero attached hydrogens (tertiary/aromatic N) is 2. The molecule has 24 heavy (non-hydrogen) atoms. The molecule has 1 fully saturated rings. The predicted octanol–water partition coefficient (Wildman–Crippen LogP) is 1.73. The molecule has 1 aliphatic heterocycles. The van der Waals surface area contributed by atoms with Gasteiger partial charge in [-0.3, -0.25) is 10.00 Å². The van der Waals surface area contributed by atoms with Gasteiger partial charge < -0.3 is 0 Å². The van der Waals surface area contributed by atoms with Gasteiger partial charge in [-0.05, 0) is 37.1 Å². The van der Waals surface area contributed by atoms with E-state index in [2.05, 4.69) is 19.8 Å². The largest absolute Gasteiger partial charge is 0.299 e. The maximum absolute atomic E-state index is 13.1.